The average Bonchev–Trinajstić information content (AvgIpc) is 2.26. The summed E-state index contributed by atoms with van der Waals surface area (Å²) in [6.07, 6.45) is -0.958. The first-order chi connectivity index (χ1) is 9.19. The molecule has 0 spiro atoms. The van der Waals surface area contributed by atoms with Gasteiger partial charge in [-0.1, -0.05) is 0 Å². The van der Waals surface area contributed by atoms with Crippen molar-refractivity contribution in [3.8, 4) is 0 Å². The molecule has 0 atom stereocenters. The Balaban J connectivity index is 2.62. The Bertz CT molecular complexity index is 529. The highest BCUT2D eigenvalue weighted by Gasteiger charge is 2.40. The smallest absolute Gasteiger partial charge is 0.295 e. The Morgan fingerprint density at radius 1 is 1.05 bits per heavy atom. The number of amides is 1. The van der Waals surface area contributed by atoms with E-state index in [1.165, 1.54) is 31.2 Å². The average molecular weight is 300 g/mol. The van der Waals surface area contributed by atoms with Crippen molar-refractivity contribution in [2.24, 2.45) is 11.0 Å². The van der Waals surface area contributed by atoms with Gasteiger partial charge in [-0.2, -0.15) is 0 Å². The zero-order valence-electron chi connectivity index (χ0n) is 11.0. The van der Waals surface area contributed by atoms with Gasteiger partial charge in [0.05, 0.1) is 0 Å². The van der Waals surface area contributed by atoms with Crippen LogP contribution in [0, 0.1) is 0 Å². The third-order valence-corrected chi connectivity index (χ3v) is 3.03. The van der Waals surface area contributed by atoms with Crippen molar-refractivity contribution >= 4 is 31.6 Å². The Labute approximate surface area is 116 Å². The predicted molar refractivity (Wildman–Crippen MR) is 73.6 cm³/mol. The van der Waals surface area contributed by atoms with Gasteiger partial charge >= 0.3 is 20.1 Å². The maximum Gasteiger partial charge on any atom is 0.524 e. The maximum absolute atomic E-state index is 11.5. The standard InChI is InChI=1S/C11H14N3O5P/c1-7(15)9-3-5-10(6-4-9)14-11(17)19-20(12,13)18-8(2)16/h3-6H,12-13H2,1-2H3/p+1. The van der Waals surface area contributed by atoms with Crippen molar-refractivity contribution in [1.29, 1.82) is 0 Å². The number of hydrogen-bond acceptors (Lipinski definition) is 7. The fraction of sp³-hybridized carbons (Fsp3) is 0.182. The molecule has 0 saturated carbocycles. The van der Waals surface area contributed by atoms with Crippen LogP contribution >= 0.6 is 8.02 Å². The minimum Gasteiger partial charge on any atom is -0.295 e. The van der Waals surface area contributed by atoms with Gasteiger partial charge < -0.3 is 0 Å². The first-order valence-electron chi connectivity index (χ1n) is 5.47. The fourth-order valence-corrected chi connectivity index (χ4v) is 2.02. The highest BCUT2D eigenvalue weighted by molar-refractivity contribution is 7.62. The van der Waals surface area contributed by atoms with Crippen LogP contribution in [-0.4, -0.2) is 17.8 Å². The molecule has 1 aromatic rings. The van der Waals surface area contributed by atoms with E-state index in [4.69, 9.17) is 11.0 Å². The van der Waals surface area contributed by atoms with E-state index in [-0.39, 0.29) is 5.78 Å². The number of benzene rings is 1. The van der Waals surface area contributed by atoms with E-state index in [9.17, 15) is 14.4 Å². The molecule has 0 radical (unpaired) electrons. The SMILES string of the molecule is CC(=O)O[P+](N)(N)OC(=O)Nc1ccc(C(C)=O)cc1. The molecule has 0 bridgehead atoms. The number of nitrogens with one attached hydrogen (secondary N) is 1. The van der Waals surface area contributed by atoms with Gasteiger partial charge in [-0.05, 0) is 31.2 Å². The first kappa shape index (κ1) is 16.0. The second-order valence-electron chi connectivity index (χ2n) is 3.87. The number of nitrogens with two attached hydrogens (primary N) is 2. The summed E-state index contributed by atoms with van der Waals surface area (Å²) in [5.41, 5.74) is 11.6. The van der Waals surface area contributed by atoms with E-state index in [1.54, 1.807) is 0 Å². The molecule has 0 aromatic heterocycles. The lowest BCUT2D eigenvalue weighted by molar-refractivity contribution is -0.132. The van der Waals surface area contributed by atoms with Gasteiger partial charge in [-0.15, -0.1) is 11.0 Å². The monoisotopic (exact) mass is 300 g/mol. The summed E-state index contributed by atoms with van der Waals surface area (Å²) in [6.45, 7) is 2.52. The van der Waals surface area contributed by atoms with Crippen molar-refractivity contribution in [3.05, 3.63) is 29.8 Å². The van der Waals surface area contributed by atoms with Crippen molar-refractivity contribution in [3.63, 3.8) is 0 Å². The molecule has 1 amide bonds. The van der Waals surface area contributed by atoms with E-state index >= 15 is 0 Å². The molecule has 0 aliphatic rings. The summed E-state index contributed by atoms with van der Waals surface area (Å²) in [7, 11) is -3.53. The minimum atomic E-state index is -3.53. The van der Waals surface area contributed by atoms with Crippen LogP contribution in [0.25, 0.3) is 0 Å². The Morgan fingerprint density at radius 3 is 2.05 bits per heavy atom. The van der Waals surface area contributed by atoms with Crippen LogP contribution < -0.4 is 16.3 Å². The molecule has 8 nitrogen and oxygen atoms in total. The molecule has 0 aliphatic heterocycles. The van der Waals surface area contributed by atoms with Crippen molar-refractivity contribution in [1.82, 2.24) is 0 Å². The number of rotatable bonds is 4. The van der Waals surface area contributed by atoms with Crippen molar-refractivity contribution in [2.75, 3.05) is 5.32 Å². The topological polar surface area (TPSA) is 134 Å². The Kier molecular flexibility index (Phi) is 5.15. The van der Waals surface area contributed by atoms with Gasteiger partial charge in [-0.25, -0.2) is 18.6 Å². The summed E-state index contributed by atoms with van der Waals surface area (Å²) in [5, 5.41) is 2.34. The lowest BCUT2D eigenvalue weighted by atomic mass is 10.1. The Morgan fingerprint density at radius 2 is 1.60 bits per heavy atom. The van der Waals surface area contributed by atoms with Gasteiger partial charge in [0.1, 0.15) is 0 Å². The summed E-state index contributed by atoms with van der Waals surface area (Å²) in [4.78, 5) is 33.3. The molecule has 1 rings (SSSR count). The number of ketones is 1. The van der Waals surface area contributed by atoms with E-state index < -0.39 is 20.1 Å². The van der Waals surface area contributed by atoms with Crippen LogP contribution in [-0.2, 0) is 13.8 Å². The summed E-state index contributed by atoms with van der Waals surface area (Å²) < 4.78 is 9.13. The molecular weight excluding hydrogens is 285 g/mol. The molecule has 9 heteroatoms. The number of anilines is 1. The molecule has 20 heavy (non-hydrogen) atoms. The lowest BCUT2D eigenvalue weighted by Crippen LogP contribution is -2.26. The van der Waals surface area contributed by atoms with E-state index in [1.807, 2.05) is 0 Å². The summed E-state index contributed by atoms with van der Waals surface area (Å²) >= 11 is 0. The predicted octanol–water partition coefficient (Wildman–Crippen LogP) is 1.60. The fourth-order valence-electron chi connectivity index (χ4n) is 1.28. The molecule has 0 heterocycles. The molecule has 0 aliphatic carbocycles. The maximum atomic E-state index is 11.5. The minimum absolute atomic E-state index is 0.0946. The highest BCUT2D eigenvalue weighted by Crippen LogP contribution is 2.44. The molecule has 0 fully saturated rings. The normalized spacial score (nSPS) is 10.6. The number of carbonyl (C=O) groups is 3. The summed E-state index contributed by atoms with van der Waals surface area (Å²) in [5.74, 6) is -0.843. The van der Waals surface area contributed by atoms with Crippen LogP contribution in [0.3, 0.4) is 0 Å². The zero-order chi connectivity index (χ0) is 15.3. The number of carbonyl (C=O) groups excluding carboxylic acids is 3. The van der Waals surface area contributed by atoms with Crippen LogP contribution in [0.4, 0.5) is 10.5 Å². The van der Waals surface area contributed by atoms with Crippen LogP contribution in [0.2, 0.25) is 0 Å². The third kappa shape index (κ3) is 5.31. The lowest BCUT2D eigenvalue weighted by Gasteiger charge is -2.11. The van der Waals surface area contributed by atoms with E-state index in [0.29, 0.717) is 11.3 Å². The van der Waals surface area contributed by atoms with Gasteiger partial charge in [0.2, 0.25) is 0 Å². The summed E-state index contributed by atoms with van der Waals surface area (Å²) in [6, 6.07) is 6.10. The number of Topliss-reactive ketones (excluding diaryl/α,β-unsaturated/α-hetero) is 1. The van der Waals surface area contributed by atoms with E-state index in [2.05, 4.69) is 14.4 Å². The van der Waals surface area contributed by atoms with Crippen molar-refractivity contribution in [2.45, 2.75) is 13.8 Å². The second-order valence-corrected chi connectivity index (χ2v) is 5.52. The zero-order valence-corrected chi connectivity index (χ0v) is 11.8. The van der Waals surface area contributed by atoms with Crippen LogP contribution in [0.1, 0.15) is 24.2 Å². The Hall–Kier alpha value is -2.02. The van der Waals surface area contributed by atoms with Gasteiger partial charge in [0, 0.05) is 18.2 Å². The molecule has 5 N–H and O–H groups in total. The second kappa shape index (κ2) is 6.42. The number of hydrogen-bond donors (Lipinski definition) is 3. The van der Waals surface area contributed by atoms with Crippen molar-refractivity contribution < 1.29 is 23.4 Å². The van der Waals surface area contributed by atoms with E-state index in [0.717, 1.165) is 6.92 Å². The van der Waals surface area contributed by atoms with Crippen LogP contribution in [0.15, 0.2) is 24.3 Å². The highest BCUT2D eigenvalue weighted by atomic mass is 31.2. The van der Waals surface area contributed by atoms with Crippen LogP contribution in [0.5, 0.6) is 0 Å². The third-order valence-electron chi connectivity index (χ3n) is 2.03. The molecule has 1 aromatic carbocycles. The van der Waals surface area contributed by atoms with Gasteiger partial charge in [0.15, 0.2) is 5.78 Å². The quantitative estimate of drug-likeness (QED) is 0.567. The van der Waals surface area contributed by atoms with Gasteiger partial charge in [-0.3, -0.25) is 10.1 Å². The molecule has 0 unspecified atom stereocenters. The molecule has 108 valence electrons. The first-order valence-corrected chi connectivity index (χ1v) is 7.24. The van der Waals surface area contributed by atoms with Gasteiger partial charge in [0.25, 0.3) is 0 Å². The molecule has 0 saturated heterocycles. The molecular formula is C11H15N3O5P+. The largest absolute Gasteiger partial charge is 0.524 e.